The second kappa shape index (κ2) is 5.43. The first-order valence-corrected chi connectivity index (χ1v) is 6.29. The van der Waals surface area contributed by atoms with Crippen LogP contribution in [0.5, 0.6) is 0 Å². The molecule has 1 heterocycles. The minimum Gasteiger partial charge on any atom is -0.342 e. The molecule has 19 heavy (non-hydrogen) atoms. The number of aromatic nitrogens is 2. The molecule has 0 aliphatic rings. The molecule has 0 bridgehead atoms. The first kappa shape index (κ1) is 13.6. The van der Waals surface area contributed by atoms with E-state index in [1.165, 1.54) is 0 Å². The fourth-order valence-corrected chi connectivity index (χ4v) is 2.07. The van der Waals surface area contributed by atoms with Crippen LogP contribution in [0.2, 0.25) is 5.02 Å². The Morgan fingerprint density at radius 1 is 1.42 bits per heavy atom. The van der Waals surface area contributed by atoms with Crippen molar-refractivity contribution in [3.05, 3.63) is 40.2 Å². The smallest absolute Gasteiger partial charge is 0.139 e. The Morgan fingerprint density at radius 3 is 2.79 bits per heavy atom. The highest BCUT2D eigenvalue weighted by molar-refractivity contribution is 6.30. The molecule has 1 N–H and O–H groups in total. The first-order chi connectivity index (χ1) is 9.01. The summed E-state index contributed by atoms with van der Waals surface area (Å²) < 4.78 is 0. The van der Waals surface area contributed by atoms with Crippen LogP contribution in [0.1, 0.15) is 17.0 Å². The maximum atomic E-state index is 9.17. The van der Waals surface area contributed by atoms with E-state index in [2.05, 4.69) is 20.9 Å². The van der Waals surface area contributed by atoms with Crippen molar-refractivity contribution in [1.29, 1.82) is 5.26 Å². The Kier molecular flexibility index (Phi) is 3.89. The number of imidazole rings is 1. The molecule has 98 valence electrons. The standard InChI is InChI=1S/C14H15ClN4/c1-9-13(8-19(2)3)18-14(17-9)12-5-4-11(15)6-10(12)7-16/h4-6H,8H2,1-3H3,(H,17,18). The van der Waals surface area contributed by atoms with E-state index in [1.807, 2.05) is 27.1 Å². The van der Waals surface area contributed by atoms with Crippen LogP contribution in [0.15, 0.2) is 18.2 Å². The molecule has 0 spiro atoms. The molecule has 0 aliphatic carbocycles. The van der Waals surface area contributed by atoms with Crippen molar-refractivity contribution < 1.29 is 0 Å². The van der Waals surface area contributed by atoms with Crippen molar-refractivity contribution >= 4 is 11.6 Å². The lowest BCUT2D eigenvalue weighted by Gasteiger charge is -2.06. The highest BCUT2D eigenvalue weighted by Gasteiger charge is 2.12. The topological polar surface area (TPSA) is 55.7 Å². The van der Waals surface area contributed by atoms with Crippen molar-refractivity contribution in [2.24, 2.45) is 0 Å². The minimum absolute atomic E-state index is 0.526. The van der Waals surface area contributed by atoms with Crippen molar-refractivity contribution in [1.82, 2.24) is 14.9 Å². The first-order valence-electron chi connectivity index (χ1n) is 5.91. The summed E-state index contributed by atoms with van der Waals surface area (Å²) in [5, 5.41) is 9.72. The highest BCUT2D eigenvalue weighted by atomic mass is 35.5. The molecule has 4 nitrogen and oxygen atoms in total. The van der Waals surface area contributed by atoms with Gasteiger partial charge in [0, 0.05) is 22.8 Å². The van der Waals surface area contributed by atoms with Crippen LogP contribution in [0.3, 0.4) is 0 Å². The van der Waals surface area contributed by atoms with Crippen LogP contribution in [0.25, 0.3) is 11.4 Å². The fraction of sp³-hybridized carbons (Fsp3) is 0.286. The van der Waals surface area contributed by atoms with Gasteiger partial charge in [-0.25, -0.2) is 4.98 Å². The van der Waals surface area contributed by atoms with Gasteiger partial charge in [-0.15, -0.1) is 0 Å². The molecule has 0 atom stereocenters. The fourth-order valence-electron chi connectivity index (χ4n) is 1.89. The van der Waals surface area contributed by atoms with Gasteiger partial charge < -0.3 is 9.88 Å². The van der Waals surface area contributed by atoms with Crippen molar-refractivity contribution in [3.8, 4) is 17.5 Å². The van der Waals surface area contributed by atoms with Crippen LogP contribution >= 0.6 is 11.6 Å². The Morgan fingerprint density at radius 2 is 2.16 bits per heavy atom. The van der Waals surface area contributed by atoms with E-state index in [0.29, 0.717) is 16.4 Å². The molecule has 2 rings (SSSR count). The number of aryl methyl sites for hydroxylation is 1. The summed E-state index contributed by atoms with van der Waals surface area (Å²) in [5.74, 6) is 0.711. The molecule has 1 aromatic carbocycles. The summed E-state index contributed by atoms with van der Waals surface area (Å²) in [6, 6.07) is 7.39. The number of hydrogen-bond donors (Lipinski definition) is 1. The third-order valence-corrected chi connectivity index (χ3v) is 3.04. The zero-order valence-electron chi connectivity index (χ0n) is 11.2. The van der Waals surface area contributed by atoms with Gasteiger partial charge in [-0.1, -0.05) is 11.6 Å². The van der Waals surface area contributed by atoms with E-state index in [4.69, 9.17) is 16.9 Å². The summed E-state index contributed by atoms with van der Waals surface area (Å²) in [7, 11) is 3.99. The molecule has 1 aromatic heterocycles. The van der Waals surface area contributed by atoms with Crippen LogP contribution in [-0.2, 0) is 6.54 Å². The number of benzene rings is 1. The molecule has 0 aliphatic heterocycles. The molecule has 0 saturated heterocycles. The third kappa shape index (κ3) is 2.95. The molecule has 0 amide bonds. The lowest BCUT2D eigenvalue weighted by Crippen LogP contribution is -2.11. The van der Waals surface area contributed by atoms with Gasteiger partial charge in [-0.3, -0.25) is 0 Å². The second-order valence-electron chi connectivity index (χ2n) is 4.70. The number of aromatic amines is 1. The van der Waals surface area contributed by atoms with E-state index in [0.717, 1.165) is 23.5 Å². The van der Waals surface area contributed by atoms with Crippen LogP contribution in [0.4, 0.5) is 0 Å². The van der Waals surface area contributed by atoms with E-state index in [9.17, 15) is 0 Å². The van der Waals surface area contributed by atoms with Crippen molar-refractivity contribution in [3.63, 3.8) is 0 Å². The zero-order valence-corrected chi connectivity index (χ0v) is 11.9. The van der Waals surface area contributed by atoms with Gasteiger partial charge in [0.05, 0.1) is 17.3 Å². The van der Waals surface area contributed by atoms with Gasteiger partial charge in [0.15, 0.2) is 0 Å². The number of rotatable bonds is 3. The third-order valence-electron chi connectivity index (χ3n) is 2.81. The lowest BCUT2D eigenvalue weighted by molar-refractivity contribution is 0.396. The molecular formula is C14H15ClN4. The number of nitriles is 1. The summed E-state index contributed by atoms with van der Waals surface area (Å²) >= 11 is 5.90. The zero-order chi connectivity index (χ0) is 14.0. The predicted octanol–water partition coefficient (Wildman–Crippen LogP) is 2.97. The molecule has 0 saturated carbocycles. The molecule has 0 radical (unpaired) electrons. The highest BCUT2D eigenvalue weighted by Crippen LogP contribution is 2.25. The van der Waals surface area contributed by atoms with Crippen molar-refractivity contribution in [2.75, 3.05) is 14.1 Å². The molecular weight excluding hydrogens is 260 g/mol. The summed E-state index contributed by atoms with van der Waals surface area (Å²) in [5.41, 5.74) is 3.30. The normalized spacial score (nSPS) is 10.7. The van der Waals surface area contributed by atoms with E-state index >= 15 is 0 Å². The number of nitrogens with one attached hydrogen (secondary N) is 1. The number of H-pyrrole nitrogens is 1. The van der Waals surface area contributed by atoms with E-state index in [1.54, 1.807) is 12.1 Å². The Hall–Kier alpha value is -1.83. The number of hydrogen-bond acceptors (Lipinski definition) is 3. The Labute approximate surface area is 117 Å². The van der Waals surface area contributed by atoms with E-state index in [-0.39, 0.29) is 0 Å². The predicted molar refractivity (Wildman–Crippen MR) is 75.9 cm³/mol. The second-order valence-corrected chi connectivity index (χ2v) is 5.13. The van der Waals surface area contributed by atoms with Gasteiger partial charge in [0.25, 0.3) is 0 Å². The maximum absolute atomic E-state index is 9.17. The van der Waals surface area contributed by atoms with Gasteiger partial charge in [-0.2, -0.15) is 5.26 Å². The molecule has 2 aromatic rings. The van der Waals surface area contributed by atoms with Gasteiger partial charge in [0.1, 0.15) is 5.82 Å². The average molecular weight is 275 g/mol. The van der Waals surface area contributed by atoms with Crippen LogP contribution in [0, 0.1) is 18.3 Å². The monoisotopic (exact) mass is 274 g/mol. The van der Waals surface area contributed by atoms with Crippen LogP contribution < -0.4 is 0 Å². The van der Waals surface area contributed by atoms with Gasteiger partial charge in [-0.05, 0) is 39.2 Å². The largest absolute Gasteiger partial charge is 0.342 e. The molecule has 5 heteroatoms. The summed E-state index contributed by atoms with van der Waals surface area (Å²) in [4.78, 5) is 9.85. The molecule has 0 fully saturated rings. The number of halogens is 1. The minimum atomic E-state index is 0.526. The molecule has 0 unspecified atom stereocenters. The maximum Gasteiger partial charge on any atom is 0.139 e. The summed E-state index contributed by atoms with van der Waals surface area (Å²) in [6.07, 6.45) is 0. The Bertz CT molecular complexity index is 637. The quantitative estimate of drug-likeness (QED) is 0.936. The lowest BCUT2D eigenvalue weighted by atomic mass is 10.1. The van der Waals surface area contributed by atoms with E-state index < -0.39 is 0 Å². The SMILES string of the molecule is Cc1[nH]c(-c2ccc(Cl)cc2C#N)nc1CN(C)C. The Balaban J connectivity index is 2.46. The number of nitrogens with zero attached hydrogens (tertiary/aromatic N) is 3. The van der Waals surface area contributed by atoms with Crippen molar-refractivity contribution in [2.45, 2.75) is 13.5 Å². The van der Waals surface area contributed by atoms with Gasteiger partial charge >= 0.3 is 0 Å². The van der Waals surface area contributed by atoms with Crippen LogP contribution in [-0.4, -0.2) is 29.0 Å². The summed E-state index contributed by atoms with van der Waals surface area (Å²) in [6.45, 7) is 2.75. The van der Waals surface area contributed by atoms with Gasteiger partial charge in [0.2, 0.25) is 0 Å². The average Bonchev–Trinajstić information content (AvgIpc) is 2.69.